The van der Waals surface area contributed by atoms with Gasteiger partial charge in [-0.2, -0.15) is 8.42 Å². The summed E-state index contributed by atoms with van der Waals surface area (Å²) < 4.78 is 59.5. The molecule has 0 unspecified atom stereocenters. The number of hydrogen-bond acceptors (Lipinski definition) is 7. The van der Waals surface area contributed by atoms with Crippen LogP contribution in [0.15, 0.2) is 86.9 Å². The first-order valence-corrected chi connectivity index (χ1v) is 12.5. The number of nitrogens with one attached hydrogen (secondary N) is 1. The zero-order valence-electron chi connectivity index (χ0n) is 15.9. The van der Waals surface area contributed by atoms with Gasteiger partial charge in [-0.15, -0.1) is 0 Å². The summed E-state index contributed by atoms with van der Waals surface area (Å²) in [6, 6.07) is 11.9. The van der Waals surface area contributed by atoms with E-state index in [9.17, 15) is 22.0 Å². The lowest BCUT2D eigenvalue weighted by Gasteiger charge is -2.17. The number of sulfonamides is 1. The molecule has 0 fully saturated rings. The molecule has 0 aliphatic carbocycles. The van der Waals surface area contributed by atoms with Crippen molar-refractivity contribution in [1.29, 1.82) is 0 Å². The Hall–Kier alpha value is -2.79. The number of hydroxylamine groups is 2. The highest BCUT2D eigenvalue weighted by Gasteiger charge is 2.26. The van der Waals surface area contributed by atoms with Gasteiger partial charge in [0.1, 0.15) is 5.58 Å². The van der Waals surface area contributed by atoms with Gasteiger partial charge in [-0.3, -0.25) is 15.0 Å². The highest BCUT2D eigenvalue weighted by molar-refractivity contribution is 7.93. The number of allylic oxidation sites excluding steroid dienone is 1. The van der Waals surface area contributed by atoms with Gasteiger partial charge in [0, 0.05) is 22.7 Å². The summed E-state index contributed by atoms with van der Waals surface area (Å²) in [6.07, 6.45) is 4.49. The molecule has 2 aromatic carbocycles. The number of rotatable bonds is 6. The fourth-order valence-corrected chi connectivity index (χ4v) is 5.88. The lowest BCUT2D eigenvalue weighted by atomic mass is 10.2. The Labute approximate surface area is 184 Å². The van der Waals surface area contributed by atoms with E-state index in [2.05, 4.69) is 4.72 Å². The van der Waals surface area contributed by atoms with E-state index in [1.165, 1.54) is 30.5 Å². The number of furan rings is 1. The van der Waals surface area contributed by atoms with Gasteiger partial charge in [0.2, 0.25) is 5.09 Å². The molecule has 31 heavy (non-hydrogen) atoms. The van der Waals surface area contributed by atoms with Crippen molar-refractivity contribution in [3.8, 4) is 0 Å². The summed E-state index contributed by atoms with van der Waals surface area (Å²) >= 11 is 6.00. The van der Waals surface area contributed by atoms with Crippen molar-refractivity contribution in [2.75, 3.05) is 17.0 Å². The van der Waals surface area contributed by atoms with Crippen molar-refractivity contribution in [3.05, 3.63) is 77.5 Å². The summed E-state index contributed by atoms with van der Waals surface area (Å²) in [6.45, 7) is 0.243. The zero-order valence-corrected chi connectivity index (χ0v) is 18.3. The van der Waals surface area contributed by atoms with Crippen molar-refractivity contribution in [2.24, 2.45) is 0 Å². The standard InChI is InChI=1S/C20H17ClN2O6S2/c21-16-7-8-19(30(25,26)13-14-4-3-9-23(24)12-14)17(11-16)22-31(27,28)20-10-15-5-1-2-6-18(15)29-20/h1-8,10-12,22,24H,9,13H2. The Morgan fingerprint density at radius 2 is 1.87 bits per heavy atom. The minimum atomic E-state index is -4.23. The molecule has 2 N–H and O–H groups in total. The van der Waals surface area contributed by atoms with Crippen LogP contribution in [0.5, 0.6) is 0 Å². The molecule has 2 heterocycles. The molecule has 0 radical (unpaired) electrons. The van der Waals surface area contributed by atoms with Gasteiger partial charge in [-0.25, -0.2) is 8.42 Å². The van der Waals surface area contributed by atoms with Gasteiger partial charge < -0.3 is 4.42 Å². The second-order valence-corrected chi connectivity index (χ2v) is 10.8. The summed E-state index contributed by atoms with van der Waals surface area (Å²) in [7, 11) is -8.22. The predicted octanol–water partition coefficient (Wildman–Crippen LogP) is 3.81. The van der Waals surface area contributed by atoms with Gasteiger partial charge in [0.05, 0.1) is 22.9 Å². The van der Waals surface area contributed by atoms with Crippen LogP contribution in [-0.2, 0) is 19.9 Å². The highest BCUT2D eigenvalue weighted by atomic mass is 35.5. The molecule has 0 saturated heterocycles. The van der Waals surface area contributed by atoms with E-state index in [0.29, 0.717) is 16.5 Å². The molecule has 0 saturated carbocycles. The molecule has 0 bridgehead atoms. The summed E-state index contributed by atoms with van der Waals surface area (Å²) in [5.41, 5.74) is 0.524. The molecular formula is C20H17ClN2O6S2. The second-order valence-electron chi connectivity index (χ2n) is 6.84. The Bertz CT molecular complexity index is 1390. The number of fused-ring (bicyclic) bond motifs is 1. The fourth-order valence-electron chi connectivity index (χ4n) is 3.12. The van der Waals surface area contributed by atoms with E-state index in [0.717, 1.165) is 5.06 Å². The van der Waals surface area contributed by atoms with Gasteiger partial charge >= 0.3 is 0 Å². The minimum absolute atomic E-state index is 0.152. The van der Waals surface area contributed by atoms with E-state index >= 15 is 0 Å². The molecule has 11 heteroatoms. The van der Waals surface area contributed by atoms with Crippen LogP contribution in [0.1, 0.15) is 0 Å². The van der Waals surface area contributed by atoms with Crippen LogP contribution in [0.2, 0.25) is 5.02 Å². The predicted molar refractivity (Wildman–Crippen MR) is 116 cm³/mol. The van der Waals surface area contributed by atoms with Crippen LogP contribution in [0, 0.1) is 0 Å². The van der Waals surface area contributed by atoms with Crippen LogP contribution >= 0.6 is 11.6 Å². The monoisotopic (exact) mass is 480 g/mol. The molecule has 0 amide bonds. The SMILES string of the molecule is O=S(=O)(CC1=CN(O)CC=C1)c1ccc(Cl)cc1NS(=O)(=O)c1cc2ccccc2o1. The average Bonchev–Trinajstić information content (AvgIpc) is 3.12. The number of hydrogen-bond donors (Lipinski definition) is 2. The van der Waals surface area contributed by atoms with Crippen molar-refractivity contribution >= 4 is 48.1 Å². The van der Waals surface area contributed by atoms with Crippen molar-refractivity contribution in [3.63, 3.8) is 0 Å². The molecular weight excluding hydrogens is 464 g/mol. The topological polar surface area (TPSA) is 117 Å². The molecule has 162 valence electrons. The molecule has 3 aromatic rings. The molecule has 1 aliphatic heterocycles. The fraction of sp³-hybridized carbons (Fsp3) is 0.100. The lowest BCUT2D eigenvalue weighted by Crippen LogP contribution is -2.20. The maximum atomic E-state index is 13.0. The Balaban J connectivity index is 1.70. The summed E-state index contributed by atoms with van der Waals surface area (Å²) in [5.74, 6) is -0.443. The molecule has 8 nitrogen and oxygen atoms in total. The first kappa shape index (κ1) is 21.4. The van der Waals surface area contributed by atoms with E-state index in [1.54, 1.807) is 36.4 Å². The van der Waals surface area contributed by atoms with Crippen LogP contribution < -0.4 is 4.72 Å². The van der Waals surface area contributed by atoms with Crippen LogP contribution in [0.25, 0.3) is 11.0 Å². The third kappa shape index (κ3) is 4.62. The van der Waals surface area contributed by atoms with Gasteiger partial charge in [0.15, 0.2) is 9.84 Å². The molecule has 4 rings (SSSR count). The van der Waals surface area contributed by atoms with E-state index in [-0.39, 0.29) is 27.2 Å². The average molecular weight is 481 g/mol. The van der Waals surface area contributed by atoms with Gasteiger partial charge in [0.25, 0.3) is 10.0 Å². The number of halogens is 1. The smallest absolute Gasteiger partial charge is 0.295 e. The summed E-state index contributed by atoms with van der Waals surface area (Å²) in [5, 5.41) is 10.8. The molecule has 1 aromatic heterocycles. The van der Waals surface area contributed by atoms with E-state index in [1.807, 2.05) is 0 Å². The number of benzene rings is 2. The number of anilines is 1. The minimum Gasteiger partial charge on any atom is -0.443 e. The van der Waals surface area contributed by atoms with Gasteiger partial charge in [-0.1, -0.05) is 42.0 Å². The number of para-hydroxylation sites is 1. The number of sulfone groups is 1. The normalized spacial score (nSPS) is 14.6. The van der Waals surface area contributed by atoms with E-state index in [4.69, 9.17) is 16.0 Å². The van der Waals surface area contributed by atoms with E-state index < -0.39 is 25.6 Å². The van der Waals surface area contributed by atoms with Crippen molar-refractivity contribution in [1.82, 2.24) is 5.06 Å². The summed E-state index contributed by atoms with van der Waals surface area (Å²) in [4.78, 5) is -0.249. The van der Waals surface area contributed by atoms with Crippen LogP contribution in [-0.4, -0.2) is 39.4 Å². The van der Waals surface area contributed by atoms with Crippen LogP contribution in [0.3, 0.4) is 0 Å². The second kappa shape index (κ2) is 8.04. The highest BCUT2D eigenvalue weighted by Crippen LogP contribution is 2.31. The lowest BCUT2D eigenvalue weighted by molar-refractivity contribution is -0.0310. The van der Waals surface area contributed by atoms with Gasteiger partial charge in [-0.05, 0) is 29.8 Å². The van der Waals surface area contributed by atoms with Crippen molar-refractivity contribution in [2.45, 2.75) is 9.99 Å². The molecule has 1 aliphatic rings. The van der Waals surface area contributed by atoms with Crippen molar-refractivity contribution < 1.29 is 26.5 Å². The van der Waals surface area contributed by atoms with Crippen LogP contribution in [0.4, 0.5) is 5.69 Å². The Kier molecular flexibility index (Phi) is 5.56. The number of nitrogens with zero attached hydrogens (tertiary/aromatic N) is 1. The first-order valence-electron chi connectivity index (χ1n) is 9.00. The Morgan fingerprint density at radius 3 is 2.61 bits per heavy atom. The third-order valence-corrected chi connectivity index (χ3v) is 7.68. The quantitative estimate of drug-likeness (QED) is 0.551. The first-order chi connectivity index (χ1) is 14.6. The maximum Gasteiger partial charge on any atom is 0.295 e. The maximum absolute atomic E-state index is 13.0. The third-order valence-electron chi connectivity index (χ3n) is 4.48. The molecule has 0 spiro atoms. The zero-order chi connectivity index (χ0) is 22.2. The Morgan fingerprint density at radius 1 is 1.10 bits per heavy atom. The largest absolute Gasteiger partial charge is 0.443 e. The molecule has 0 atom stereocenters.